The molecule has 0 aromatic heterocycles. The third kappa shape index (κ3) is 81.9. The Kier molecular flexibility index (Phi) is 79.2. The first-order valence-corrected chi connectivity index (χ1v) is 48.6. The lowest BCUT2D eigenvalue weighted by molar-refractivity contribution is -0.161. The molecule has 0 aliphatic carbocycles. The molecule has 0 aliphatic heterocycles. The first kappa shape index (κ1) is 105. The van der Waals surface area contributed by atoms with Gasteiger partial charge in [-0.3, -0.25) is 37.3 Å². The van der Waals surface area contributed by atoms with Crippen LogP contribution in [0.4, 0.5) is 0 Å². The van der Waals surface area contributed by atoms with Crippen molar-refractivity contribution in [3.05, 3.63) is 0 Å². The normalized spacial score (nSPS) is 13.7. The van der Waals surface area contributed by atoms with Crippen molar-refractivity contribution in [3.63, 3.8) is 0 Å². The van der Waals surface area contributed by atoms with Gasteiger partial charge >= 0.3 is 39.5 Å². The summed E-state index contributed by atoms with van der Waals surface area (Å²) < 4.78 is 68.9. The third-order valence-corrected chi connectivity index (χ3v) is 22.7. The van der Waals surface area contributed by atoms with E-state index in [-0.39, 0.29) is 25.7 Å². The molecular weight excluding hydrogens is 1390 g/mol. The van der Waals surface area contributed by atoms with Crippen molar-refractivity contribution in [1.29, 1.82) is 0 Å². The van der Waals surface area contributed by atoms with Crippen LogP contribution in [0.15, 0.2) is 0 Å². The average Bonchev–Trinajstić information content (AvgIpc) is 0.907. The number of carbonyl (C=O) groups excluding carboxylic acids is 4. The summed E-state index contributed by atoms with van der Waals surface area (Å²) in [6.07, 6.45) is 75.0. The molecule has 0 radical (unpaired) electrons. The Morgan fingerprint density at radius 2 is 0.430 bits per heavy atom. The van der Waals surface area contributed by atoms with E-state index in [9.17, 15) is 43.2 Å². The van der Waals surface area contributed by atoms with Gasteiger partial charge in [0.05, 0.1) is 26.4 Å². The van der Waals surface area contributed by atoms with Gasteiger partial charge in [0.25, 0.3) is 0 Å². The molecular formula is C88H172O17P2. The maximum absolute atomic E-state index is 13.2. The van der Waals surface area contributed by atoms with E-state index in [1.54, 1.807) is 0 Å². The molecule has 3 N–H and O–H groups in total. The molecule has 2 unspecified atom stereocenters. The van der Waals surface area contributed by atoms with Crippen LogP contribution >= 0.6 is 15.6 Å². The third-order valence-electron chi connectivity index (χ3n) is 20.8. The molecule has 636 valence electrons. The summed E-state index contributed by atoms with van der Waals surface area (Å²) in [6, 6.07) is 0. The summed E-state index contributed by atoms with van der Waals surface area (Å²) in [5.41, 5.74) is 0. The van der Waals surface area contributed by atoms with Crippen LogP contribution in [0.2, 0.25) is 0 Å². The van der Waals surface area contributed by atoms with Gasteiger partial charge in [-0.05, 0) is 31.6 Å². The van der Waals surface area contributed by atoms with Crippen molar-refractivity contribution in [3.8, 4) is 0 Å². The molecule has 0 heterocycles. The molecule has 107 heavy (non-hydrogen) atoms. The molecule has 0 aromatic carbocycles. The first-order chi connectivity index (χ1) is 52.0. The van der Waals surface area contributed by atoms with E-state index < -0.39 is 97.5 Å². The zero-order valence-electron chi connectivity index (χ0n) is 70.3. The Hall–Kier alpha value is -1.94. The highest BCUT2D eigenvalue weighted by Gasteiger charge is 2.30. The number of hydrogen-bond donors (Lipinski definition) is 3. The zero-order valence-corrected chi connectivity index (χ0v) is 72.1. The van der Waals surface area contributed by atoms with Crippen LogP contribution in [0.5, 0.6) is 0 Å². The molecule has 0 aromatic rings. The minimum absolute atomic E-state index is 0.109. The fourth-order valence-corrected chi connectivity index (χ4v) is 15.4. The van der Waals surface area contributed by atoms with Gasteiger partial charge in [0.2, 0.25) is 0 Å². The highest BCUT2D eigenvalue weighted by atomic mass is 31.2. The maximum Gasteiger partial charge on any atom is 0.472 e. The van der Waals surface area contributed by atoms with Crippen LogP contribution in [0.25, 0.3) is 0 Å². The van der Waals surface area contributed by atoms with E-state index in [0.717, 1.165) is 95.8 Å². The van der Waals surface area contributed by atoms with Crippen molar-refractivity contribution in [2.24, 2.45) is 5.92 Å². The van der Waals surface area contributed by atoms with E-state index in [0.29, 0.717) is 25.7 Å². The molecule has 0 saturated carbocycles. The number of ether oxygens (including phenoxy) is 4. The van der Waals surface area contributed by atoms with E-state index >= 15 is 0 Å². The topological polar surface area (TPSA) is 237 Å². The van der Waals surface area contributed by atoms with Gasteiger partial charge in [0.1, 0.15) is 19.3 Å². The smallest absolute Gasteiger partial charge is 0.462 e. The van der Waals surface area contributed by atoms with E-state index in [4.69, 9.17) is 37.0 Å². The second-order valence-electron chi connectivity index (χ2n) is 32.1. The van der Waals surface area contributed by atoms with Gasteiger partial charge in [0.15, 0.2) is 12.2 Å². The summed E-state index contributed by atoms with van der Waals surface area (Å²) in [7, 11) is -9.93. The van der Waals surface area contributed by atoms with Crippen LogP contribution in [-0.2, 0) is 65.4 Å². The fourth-order valence-electron chi connectivity index (χ4n) is 13.8. The molecule has 0 fully saturated rings. The molecule has 0 saturated heterocycles. The lowest BCUT2D eigenvalue weighted by atomic mass is 10.0. The number of esters is 4. The minimum Gasteiger partial charge on any atom is -0.462 e. The Bertz CT molecular complexity index is 2030. The molecule has 0 bridgehead atoms. The van der Waals surface area contributed by atoms with Crippen molar-refractivity contribution in [1.82, 2.24) is 0 Å². The van der Waals surface area contributed by atoms with E-state index in [1.807, 2.05) is 0 Å². The molecule has 0 amide bonds. The predicted octanol–water partition coefficient (Wildman–Crippen LogP) is 27.2. The summed E-state index contributed by atoms with van der Waals surface area (Å²) in [5, 5.41) is 10.7. The fraction of sp³-hybridized carbons (Fsp3) is 0.955. The van der Waals surface area contributed by atoms with Gasteiger partial charge < -0.3 is 33.8 Å². The summed E-state index contributed by atoms with van der Waals surface area (Å²) in [5.74, 6) is -1.28. The number of carbonyl (C=O) groups is 4. The van der Waals surface area contributed by atoms with Gasteiger partial charge in [-0.25, -0.2) is 9.13 Å². The van der Waals surface area contributed by atoms with E-state index in [1.165, 1.54) is 302 Å². The lowest BCUT2D eigenvalue weighted by Gasteiger charge is -2.21. The number of rotatable bonds is 88. The van der Waals surface area contributed by atoms with Crippen molar-refractivity contribution in [2.75, 3.05) is 39.6 Å². The first-order valence-electron chi connectivity index (χ1n) is 45.6. The van der Waals surface area contributed by atoms with Gasteiger partial charge in [-0.2, -0.15) is 0 Å². The number of unbranched alkanes of at least 4 members (excludes halogenated alkanes) is 60. The average molecular weight is 1560 g/mol. The van der Waals surface area contributed by atoms with Crippen LogP contribution in [-0.4, -0.2) is 96.7 Å². The Morgan fingerprint density at radius 3 is 0.636 bits per heavy atom. The second kappa shape index (κ2) is 80.7. The molecule has 5 atom stereocenters. The number of phosphoric acid groups is 2. The van der Waals surface area contributed by atoms with Crippen LogP contribution in [0.3, 0.4) is 0 Å². The quantitative estimate of drug-likeness (QED) is 0.0222. The van der Waals surface area contributed by atoms with Gasteiger partial charge in [-0.1, -0.05) is 426 Å². The summed E-state index contributed by atoms with van der Waals surface area (Å²) >= 11 is 0. The SMILES string of the molecule is CCCCCCCCCCCCCCCCCCCCCCCC(=O)OC[C@H](COP(=O)(O)OC[C@@H](O)COP(=O)(O)OC[C@@H](COC(=O)CCCCCCCCCCCCC)OC(=O)CCCCCCCCCCCCCCCC)OC(=O)CCCCCCCCCCCCCCCCCCCCC(C)C. The highest BCUT2D eigenvalue weighted by molar-refractivity contribution is 7.47. The Morgan fingerprint density at radius 1 is 0.252 bits per heavy atom. The van der Waals surface area contributed by atoms with E-state index in [2.05, 4.69) is 34.6 Å². The van der Waals surface area contributed by atoms with Crippen LogP contribution < -0.4 is 0 Å². The molecule has 0 aliphatic rings. The number of aliphatic hydroxyl groups is 1. The van der Waals surface area contributed by atoms with Gasteiger partial charge in [0, 0.05) is 25.7 Å². The number of phosphoric ester groups is 2. The van der Waals surface area contributed by atoms with Gasteiger partial charge in [-0.15, -0.1) is 0 Å². The summed E-state index contributed by atoms with van der Waals surface area (Å²) in [4.78, 5) is 73.3. The van der Waals surface area contributed by atoms with Crippen molar-refractivity contribution < 1.29 is 80.2 Å². The number of aliphatic hydroxyl groups excluding tert-OH is 1. The standard InChI is InChI=1S/C88H172O17P2/c1-6-9-12-15-18-21-24-26-28-29-30-31-32-36-39-43-47-52-57-62-67-72-86(91)99-78-84(105-88(93)74-69-64-59-54-49-44-40-37-34-33-35-38-41-46-50-55-60-65-70-81(4)5)80-103-107(96,97)101-76-82(89)75-100-106(94,95)102-79-83(77-98-85(90)71-66-61-56-51-45-23-20-17-14-11-8-3)104-87(92)73-68-63-58-53-48-42-27-25-22-19-16-13-10-7-2/h81-84,89H,6-80H2,1-5H3,(H,94,95)(H,96,97)/t82-,83+,84+/m0/s1. The zero-order chi connectivity index (χ0) is 78.3. The van der Waals surface area contributed by atoms with Crippen molar-refractivity contribution in [2.45, 2.75) is 496 Å². The molecule has 17 nitrogen and oxygen atoms in total. The predicted molar refractivity (Wildman–Crippen MR) is 442 cm³/mol. The summed E-state index contributed by atoms with van der Waals surface area (Å²) in [6.45, 7) is 7.41. The molecule has 0 spiro atoms. The highest BCUT2D eigenvalue weighted by Crippen LogP contribution is 2.45. The largest absolute Gasteiger partial charge is 0.472 e. The lowest BCUT2D eigenvalue weighted by Crippen LogP contribution is -2.30. The second-order valence-corrected chi connectivity index (χ2v) is 35.0. The van der Waals surface area contributed by atoms with Crippen LogP contribution in [0.1, 0.15) is 478 Å². The van der Waals surface area contributed by atoms with Crippen LogP contribution in [0, 0.1) is 5.92 Å². The number of hydrogen-bond acceptors (Lipinski definition) is 15. The molecule has 19 heteroatoms. The Balaban J connectivity index is 5.22. The minimum atomic E-state index is -4.97. The monoisotopic (exact) mass is 1560 g/mol. The Labute approximate surface area is 658 Å². The maximum atomic E-state index is 13.2. The van der Waals surface area contributed by atoms with Crippen molar-refractivity contribution >= 4 is 39.5 Å². The molecule has 0 rings (SSSR count).